The highest BCUT2D eigenvalue weighted by atomic mass is 16.7. The standard InChI is InChI=1S/C12H13N3O7/c1-3-21-12(22-4-2)8-5-7(14(17)18)6-9(15(19)20)10(8)13-11(12)16/h5-6H,3-4H2,1-2H3,(H,13,16). The molecular formula is C12H13N3O7. The molecule has 0 fully saturated rings. The second-order valence-electron chi connectivity index (χ2n) is 4.34. The summed E-state index contributed by atoms with van der Waals surface area (Å²) in [5.41, 5.74) is -1.32. The van der Waals surface area contributed by atoms with Gasteiger partial charge < -0.3 is 14.8 Å². The van der Waals surface area contributed by atoms with Crippen LogP contribution in [0, 0.1) is 20.2 Å². The second-order valence-corrected chi connectivity index (χ2v) is 4.34. The number of anilines is 1. The Morgan fingerprint density at radius 1 is 1.14 bits per heavy atom. The third-order valence-corrected chi connectivity index (χ3v) is 3.10. The van der Waals surface area contributed by atoms with E-state index in [4.69, 9.17) is 9.47 Å². The number of benzene rings is 1. The van der Waals surface area contributed by atoms with Gasteiger partial charge in [0.05, 0.1) is 21.5 Å². The fourth-order valence-corrected chi connectivity index (χ4v) is 2.31. The number of carbonyl (C=O) groups is 1. The highest BCUT2D eigenvalue weighted by Crippen LogP contribution is 2.46. The number of nitrogens with one attached hydrogen (secondary N) is 1. The number of hydrogen-bond acceptors (Lipinski definition) is 7. The Morgan fingerprint density at radius 2 is 1.73 bits per heavy atom. The molecule has 1 heterocycles. The number of nitrogens with zero attached hydrogens (tertiary/aromatic N) is 2. The lowest BCUT2D eigenvalue weighted by atomic mass is 10.0. The molecule has 0 aliphatic carbocycles. The van der Waals surface area contributed by atoms with E-state index >= 15 is 0 Å². The van der Waals surface area contributed by atoms with Crippen molar-refractivity contribution in [2.45, 2.75) is 19.6 Å². The van der Waals surface area contributed by atoms with E-state index in [9.17, 15) is 25.0 Å². The van der Waals surface area contributed by atoms with E-state index in [2.05, 4.69) is 5.32 Å². The lowest BCUT2D eigenvalue weighted by molar-refractivity contribution is -0.393. The summed E-state index contributed by atoms with van der Waals surface area (Å²) in [7, 11) is 0. The largest absolute Gasteiger partial charge is 0.339 e. The minimum atomic E-state index is -1.92. The number of hydrogen-bond donors (Lipinski definition) is 1. The van der Waals surface area contributed by atoms with Gasteiger partial charge in [-0.15, -0.1) is 0 Å². The van der Waals surface area contributed by atoms with Crippen LogP contribution in [0.2, 0.25) is 0 Å². The fraction of sp³-hybridized carbons (Fsp3) is 0.417. The SMILES string of the molecule is CCOC1(OCC)C(=O)Nc2c([N+](=O)[O-])cc([N+](=O)[O-])cc21. The van der Waals surface area contributed by atoms with Crippen LogP contribution >= 0.6 is 0 Å². The number of rotatable bonds is 6. The molecule has 0 atom stereocenters. The van der Waals surface area contributed by atoms with Crippen molar-refractivity contribution in [3.05, 3.63) is 37.9 Å². The van der Waals surface area contributed by atoms with Crippen molar-refractivity contribution < 1.29 is 24.1 Å². The van der Waals surface area contributed by atoms with Crippen molar-refractivity contribution in [3.8, 4) is 0 Å². The van der Waals surface area contributed by atoms with Gasteiger partial charge in [0, 0.05) is 19.3 Å². The first-order valence-electron chi connectivity index (χ1n) is 6.44. The van der Waals surface area contributed by atoms with Gasteiger partial charge in [0.25, 0.3) is 23.1 Å². The van der Waals surface area contributed by atoms with Crippen LogP contribution < -0.4 is 5.32 Å². The number of non-ortho nitro benzene ring substituents is 1. The molecule has 10 nitrogen and oxygen atoms in total. The van der Waals surface area contributed by atoms with Crippen LogP contribution in [-0.2, 0) is 20.1 Å². The van der Waals surface area contributed by atoms with E-state index in [1.165, 1.54) is 0 Å². The normalized spacial score (nSPS) is 15.3. The highest BCUT2D eigenvalue weighted by Gasteiger charge is 2.53. The molecule has 0 unspecified atom stereocenters. The Balaban J connectivity index is 2.75. The van der Waals surface area contributed by atoms with Gasteiger partial charge in [-0.2, -0.15) is 0 Å². The average molecular weight is 311 g/mol. The zero-order chi connectivity index (χ0) is 16.5. The molecule has 0 saturated heterocycles. The Kier molecular flexibility index (Phi) is 4.06. The van der Waals surface area contributed by atoms with Gasteiger partial charge in [0.15, 0.2) is 0 Å². The summed E-state index contributed by atoms with van der Waals surface area (Å²) in [6.07, 6.45) is 0. The van der Waals surface area contributed by atoms with Crippen LogP contribution in [0.3, 0.4) is 0 Å². The molecule has 10 heteroatoms. The number of carbonyl (C=O) groups excluding carboxylic acids is 1. The topological polar surface area (TPSA) is 134 Å². The predicted molar refractivity (Wildman–Crippen MR) is 73.3 cm³/mol. The Labute approximate surface area is 124 Å². The summed E-state index contributed by atoms with van der Waals surface area (Å²) in [5.74, 6) is -2.68. The van der Waals surface area contributed by atoms with E-state index in [0.717, 1.165) is 12.1 Å². The maximum atomic E-state index is 12.2. The molecule has 0 aromatic heterocycles. The first-order chi connectivity index (χ1) is 10.4. The summed E-state index contributed by atoms with van der Waals surface area (Å²) in [4.78, 5) is 32.7. The summed E-state index contributed by atoms with van der Waals surface area (Å²) >= 11 is 0. The Bertz CT molecular complexity index is 652. The quantitative estimate of drug-likeness (QED) is 0.479. The van der Waals surface area contributed by atoms with Gasteiger partial charge in [0.1, 0.15) is 5.69 Å². The van der Waals surface area contributed by atoms with Gasteiger partial charge >= 0.3 is 0 Å². The maximum Gasteiger partial charge on any atom is 0.300 e. The molecule has 1 aliphatic rings. The molecule has 1 aliphatic heterocycles. The van der Waals surface area contributed by atoms with Crippen LogP contribution in [0.4, 0.5) is 17.1 Å². The molecule has 118 valence electrons. The molecular weight excluding hydrogens is 298 g/mol. The zero-order valence-electron chi connectivity index (χ0n) is 11.8. The average Bonchev–Trinajstić information content (AvgIpc) is 2.71. The van der Waals surface area contributed by atoms with E-state index in [1.807, 2.05) is 0 Å². The van der Waals surface area contributed by atoms with Crippen LogP contribution in [0.1, 0.15) is 19.4 Å². The molecule has 22 heavy (non-hydrogen) atoms. The zero-order valence-corrected chi connectivity index (χ0v) is 11.8. The number of fused-ring (bicyclic) bond motifs is 1. The molecule has 1 N–H and O–H groups in total. The van der Waals surface area contributed by atoms with Crippen LogP contribution in [-0.4, -0.2) is 29.0 Å². The Hall–Kier alpha value is -2.59. The molecule has 2 rings (SSSR count). The summed E-state index contributed by atoms with van der Waals surface area (Å²) in [6.45, 7) is 3.36. The van der Waals surface area contributed by atoms with Gasteiger partial charge in [-0.1, -0.05) is 0 Å². The van der Waals surface area contributed by atoms with E-state index in [1.54, 1.807) is 13.8 Å². The minimum Gasteiger partial charge on any atom is -0.339 e. The lowest BCUT2D eigenvalue weighted by Gasteiger charge is -2.26. The van der Waals surface area contributed by atoms with Crippen LogP contribution in [0.5, 0.6) is 0 Å². The van der Waals surface area contributed by atoms with Crippen LogP contribution in [0.25, 0.3) is 0 Å². The maximum absolute atomic E-state index is 12.2. The second kappa shape index (κ2) is 5.66. The lowest BCUT2D eigenvalue weighted by Crippen LogP contribution is -2.40. The number of amides is 1. The molecule has 0 saturated carbocycles. The van der Waals surface area contributed by atoms with E-state index in [0.29, 0.717) is 0 Å². The van der Waals surface area contributed by atoms with Gasteiger partial charge in [0.2, 0.25) is 0 Å². The van der Waals surface area contributed by atoms with Crippen molar-refractivity contribution >= 4 is 23.0 Å². The highest BCUT2D eigenvalue weighted by molar-refractivity contribution is 6.06. The van der Waals surface area contributed by atoms with Crippen molar-refractivity contribution in [1.29, 1.82) is 0 Å². The molecule has 0 spiro atoms. The van der Waals surface area contributed by atoms with Crippen molar-refractivity contribution in [2.75, 3.05) is 18.5 Å². The first-order valence-corrected chi connectivity index (χ1v) is 6.44. The van der Waals surface area contributed by atoms with Gasteiger partial charge in [-0.25, -0.2) is 0 Å². The van der Waals surface area contributed by atoms with Crippen LogP contribution in [0.15, 0.2) is 12.1 Å². The number of nitro groups is 2. The summed E-state index contributed by atoms with van der Waals surface area (Å²) in [5, 5.41) is 24.4. The third kappa shape index (κ3) is 2.27. The molecule has 1 aromatic rings. The predicted octanol–water partition coefficient (Wildman–Crippen LogP) is 1.68. The summed E-state index contributed by atoms with van der Waals surface area (Å²) in [6, 6.07) is 1.83. The fourth-order valence-electron chi connectivity index (χ4n) is 2.31. The molecule has 1 aromatic carbocycles. The van der Waals surface area contributed by atoms with Gasteiger partial charge in [-0.05, 0) is 13.8 Å². The molecule has 1 amide bonds. The number of nitro benzene ring substituents is 2. The van der Waals surface area contributed by atoms with E-state index < -0.39 is 32.9 Å². The van der Waals surface area contributed by atoms with Crippen molar-refractivity contribution in [2.24, 2.45) is 0 Å². The Morgan fingerprint density at radius 3 is 2.18 bits per heavy atom. The molecule has 0 bridgehead atoms. The number of ether oxygens (including phenoxy) is 2. The summed E-state index contributed by atoms with van der Waals surface area (Å²) < 4.78 is 10.7. The van der Waals surface area contributed by atoms with Gasteiger partial charge in [-0.3, -0.25) is 25.0 Å². The molecule has 0 radical (unpaired) electrons. The first kappa shape index (κ1) is 15.8. The minimum absolute atomic E-state index is 0.0675. The monoisotopic (exact) mass is 311 g/mol. The third-order valence-electron chi connectivity index (χ3n) is 3.10. The van der Waals surface area contributed by atoms with Crippen molar-refractivity contribution in [3.63, 3.8) is 0 Å². The smallest absolute Gasteiger partial charge is 0.300 e. The van der Waals surface area contributed by atoms with Crippen molar-refractivity contribution in [1.82, 2.24) is 0 Å². The van der Waals surface area contributed by atoms with E-state index in [-0.39, 0.29) is 24.5 Å².